The molecule has 0 bridgehead atoms. The molecule has 25 heavy (non-hydrogen) atoms. The Morgan fingerprint density at radius 2 is 1.84 bits per heavy atom. The van der Waals surface area contributed by atoms with Crippen LogP contribution in [0.25, 0.3) is 0 Å². The van der Waals surface area contributed by atoms with Gasteiger partial charge in [0, 0.05) is 25.2 Å². The average molecular weight is 363 g/mol. The minimum atomic E-state index is 0. The summed E-state index contributed by atoms with van der Waals surface area (Å²) in [5.74, 6) is 0.440. The van der Waals surface area contributed by atoms with Crippen LogP contribution in [0.15, 0.2) is 53.1 Å². The Bertz CT molecular complexity index is 645. The van der Waals surface area contributed by atoms with E-state index in [1.54, 1.807) is 18.4 Å². The number of nitrogens with zero attached hydrogens (tertiary/aromatic N) is 2. The van der Waals surface area contributed by atoms with Crippen LogP contribution in [0.1, 0.15) is 36.4 Å². The summed E-state index contributed by atoms with van der Waals surface area (Å²) in [4.78, 5) is 17.0. The molecule has 2 heterocycles. The zero-order valence-electron chi connectivity index (χ0n) is 14.9. The molecule has 3 rings (SSSR count). The number of piperazine rings is 1. The predicted molar refractivity (Wildman–Crippen MR) is 102 cm³/mol. The van der Waals surface area contributed by atoms with Gasteiger partial charge < -0.3 is 9.32 Å². The van der Waals surface area contributed by atoms with E-state index in [1.807, 2.05) is 4.90 Å². The van der Waals surface area contributed by atoms with E-state index in [9.17, 15) is 4.79 Å². The number of carbonyl (C=O) groups is 1. The summed E-state index contributed by atoms with van der Waals surface area (Å²) in [6.45, 7) is 7.11. The highest BCUT2D eigenvalue weighted by atomic mass is 35.5. The Labute approximate surface area is 156 Å². The summed E-state index contributed by atoms with van der Waals surface area (Å²) in [6.07, 6.45) is 3.81. The summed E-state index contributed by atoms with van der Waals surface area (Å²) in [7, 11) is 0. The molecule has 2 atom stereocenters. The third kappa shape index (κ3) is 4.65. The molecule has 0 saturated carbocycles. The Hall–Kier alpha value is -1.78. The quantitative estimate of drug-likeness (QED) is 0.810. The van der Waals surface area contributed by atoms with E-state index in [4.69, 9.17) is 4.42 Å². The molecule has 2 aromatic rings. The largest absolute Gasteiger partial charge is 0.459 e. The number of furan rings is 1. The molecule has 1 aliphatic heterocycles. The number of hydrogen-bond donors (Lipinski definition) is 0. The van der Waals surface area contributed by atoms with Crippen LogP contribution in [-0.4, -0.2) is 47.4 Å². The fourth-order valence-electron chi connectivity index (χ4n) is 3.48. The zero-order chi connectivity index (χ0) is 16.9. The standard InChI is InChI=1S/C20H26N2O2.ClH/c1-16-17(2)22(20(23)19-11-7-15-24-19)14-13-21(16)12-6-10-18-8-4-3-5-9-18;/h3-5,7-9,11,15-17H,6,10,12-14H2,1-2H3;1H/t16-,17-;/m1./s1. The molecule has 136 valence electrons. The van der Waals surface area contributed by atoms with Crippen molar-refractivity contribution >= 4 is 18.3 Å². The van der Waals surface area contributed by atoms with Crippen molar-refractivity contribution in [2.75, 3.05) is 19.6 Å². The molecular weight excluding hydrogens is 336 g/mol. The smallest absolute Gasteiger partial charge is 0.289 e. The normalized spacial score (nSPS) is 21.0. The Morgan fingerprint density at radius 1 is 1.08 bits per heavy atom. The lowest BCUT2D eigenvalue weighted by Crippen LogP contribution is -2.58. The molecule has 1 aromatic carbocycles. The summed E-state index contributed by atoms with van der Waals surface area (Å²) < 4.78 is 5.27. The van der Waals surface area contributed by atoms with Crippen LogP contribution >= 0.6 is 12.4 Å². The van der Waals surface area contributed by atoms with E-state index in [0.29, 0.717) is 11.8 Å². The highest BCUT2D eigenvalue weighted by molar-refractivity contribution is 5.91. The van der Waals surface area contributed by atoms with Gasteiger partial charge in [-0.3, -0.25) is 9.69 Å². The van der Waals surface area contributed by atoms with E-state index in [1.165, 1.54) is 5.56 Å². The van der Waals surface area contributed by atoms with Crippen LogP contribution in [0.3, 0.4) is 0 Å². The molecular formula is C20H27ClN2O2. The fourth-order valence-corrected chi connectivity index (χ4v) is 3.48. The molecule has 1 fully saturated rings. The van der Waals surface area contributed by atoms with Gasteiger partial charge in [-0.15, -0.1) is 12.4 Å². The molecule has 1 aliphatic rings. The molecule has 0 unspecified atom stereocenters. The van der Waals surface area contributed by atoms with Gasteiger partial charge in [0.1, 0.15) is 0 Å². The van der Waals surface area contributed by atoms with Gasteiger partial charge >= 0.3 is 0 Å². The van der Waals surface area contributed by atoms with Crippen molar-refractivity contribution in [1.29, 1.82) is 0 Å². The van der Waals surface area contributed by atoms with E-state index < -0.39 is 0 Å². The number of aryl methyl sites for hydroxylation is 1. The molecule has 0 spiro atoms. The Kier molecular flexibility index (Phi) is 7.09. The molecule has 1 amide bonds. The van der Waals surface area contributed by atoms with Crippen molar-refractivity contribution in [2.45, 2.75) is 38.8 Å². The number of carbonyl (C=O) groups excluding carboxylic acids is 1. The van der Waals surface area contributed by atoms with Crippen LogP contribution in [0.4, 0.5) is 0 Å². The van der Waals surface area contributed by atoms with Crippen LogP contribution in [0.5, 0.6) is 0 Å². The second-order valence-electron chi connectivity index (χ2n) is 6.58. The summed E-state index contributed by atoms with van der Waals surface area (Å²) in [5, 5.41) is 0. The van der Waals surface area contributed by atoms with Gasteiger partial charge in [0.15, 0.2) is 5.76 Å². The molecule has 1 saturated heterocycles. The second kappa shape index (κ2) is 9.07. The minimum absolute atomic E-state index is 0. The average Bonchev–Trinajstić information content (AvgIpc) is 3.14. The molecule has 0 N–H and O–H groups in total. The van der Waals surface area contributed by atoms with Crippen LogP contribution < -0.4 is 0 Å². The van der Waals surface area contributed by atoms with Gasteiger partial charge in [-0.1, -0.05) is 30.3 Å². The second-order valence-corrected chi connectivity index (χ2v) is 6.58. The SMILES string of the molecule is C[C@@H]1[C@@H](C)N(C(=O)c2ccco2)CCN1CCCc1ccccc1.Cl. The van der Waals surface area contributed by atoms with E-state index in [-0.39, 0.29) is 24.4 Å². The van der Waals surface area contributed by atoms with Crippen molar-refractivity contribution in [2.24, 2.45) is 0 Å². The minimum Gasteiger partial charge on any atom is -0.459 e. The Morgan fingerprint density at radius 3 is 2.52 bits per heavy atom. The maximum atomic E-state index is 12.5. The number of amides is 1. The van der Waals surface area contributed by atoms with Gasteiger partial charge in [-0.2, -0.15) is 0 Å². The van der Waals surface area contributed by atoms with Gasteiger partial charge in [0.05, 0.1) is 6.26 Å². The highest BCUT2D eigenvalue weighted by Crippen LogP contribution is 2.20. The lowest BCUT2D eigenvalue weighted by atomic mass is 10.0. The topological polar surface area (TPSA) is 36.7 Å². The van der Waals surface area contributed by atoms with Crippen LogP contribution in [0.2, 0.25) is 0 Å². The first kappa shape index (κ1) is 19.5. The third-order valence-corrected chi connectivity index (χ3v) is 5.14. The fraction of sp³-hybridized carbons (Fsp3) is 0.450. The Balaban J connectivity index is 0.00000225. The van der Waals surface area contributed by atoms with Gasteiger partial charge in [-0.25, -0.2) is 0 Å². The molecule has 5 heteroatoms. The van der Waals surface area contributed by atoms with E-state index in [2.05, 4.69) is 49.1 Å². The number of rotatable bonds is 5. The van der Waals surface area contributed by atoms with Gasteiger partial charge in [-0.05, 0) is 50.9 Å². The van der Waals surface area contributed by atoms with Crippen molar-refractivity contribution < 1.29 is 9.21 Å². The van der Waals surface area contributed by atoms with E-state index in [0.717, 1.165) is 32.5 Å². The number of benzene rings is 1. The third-order valence-electron chi connectivity index (χ3n) is 5.14. The van der Waals surface area contributed by atoms with Gasteiger partial charge in [0.25, 0.3) is 5.91 Å². The van der Waals surface area contributed by atoms with Crippen molar-refractivity contribution in [3.8, 4) is 0 Å². The lowest BCUT2D eigenvalue weighted by molar-refractivity contribution is 0.0253. The van der Waals surface area contributed by atoms with Crippen molar-refractivity contribution in [3.05, 3.63) is 60.1 Å². The molecule has 0 aliphatic carbocycles. The number of hydrogen-bond acceptors (Lipinski definition) is 3. The number of halogens is 1. The van der Waals surface area contributed by atoms with Crippen molar-refractivity contribution in [1.82, 2.24) is 9.80 Å². The van der Waals surface area contributed by atoms with Crippen LogP contribution in [0, 0.1) is 0 Å². The first-order valence-corrected chi connectivity index (χ1v) is 8.79. The van der Waals surface area contributed by atoms with Crippen molar-refractivity contribution in [3.63, 3.8) is 0 Å². The van der Waals surface area contributed by atoms with Crippen LogP contribution in [-0.2, 0) is 6.42 Å². The summed E-state index contributed by atoms with van der Waals surface area (Å²) in [6, 6.07) is 14.7. The predicted octanol–water partition coefficient (Wildman–Crippen LogP) is 3.87. The highest BCUT2D eigenvalue weighted by Gasteiger charge is 2.34. The van der Waals surface area contributed by atoms with Gasteiger partial charge in [0.2, 0.25) is 0 Å². The zero-order valence-corrected chi connectivity index (χ0v) is 15.7. The monoisotopic (exact) mass is 362 g/mol. The molecule has 0 radical (unpaired) electrons. The summed E-state index contributed by atoms with van der Waals surface area (Å²) >= 11 is 0. The molecule has 4 nitrogen and oxygen atoms in total. The lowest BCUT2D eigenvalue weighted by Gasteiger charge is -2.44. The molecule has 1 aromatic heterocycles. The maximum Gasteiger partial charge on any atom is 0.289 e. The maximum absolute atomic E-state index is 12.5. The van der Waals surface area contributed by atoms with E-state index >= 15 is 0 Å². The first-order chi connectivity index (χ1) is 11.7. The first-order valence-electron chi connectivity index (χ1n) is 8.79. The summed E-state index contributed by atoms with van der Waals surface area (Å²) in [5.41, 5.74) is 1.39.